The van der Waals surface area contributed by atoms with Crippen LogP contribution in [0.5, 0.6) is 0 Å². The summed E-state index contributed by atoms with van der Waals surface area (Å²) in [7, 11) is 0. The van der Waals surface area contributed by atoms with Crippen LogP contribution in [-0.4, -0.2) is 43.7 Å². The van der Waals surface area contributed by atoms with Gasteiger partial charge in [-0.15, -0.1) is 0 Å². The lowest BCUT2D eigenvalue weighted by atomic mass is 9.80. The Morgan fingerprint density at radius 3 is 2.30 bits per heavy atom. The molecule has 0 aromatic carbocycles. The first-order valence-corrected chi connectivity index (χ1v) is 8.37. The SMILES string of the molecule is NCC1CCCCC1COCC(=O)N1CCCCCC1. The van der Waals surface area contributed by atoms with Gasteiger partial charge in [-0.1, -0.05) is 25.7 Å². The molecule has 20 heavy (non-hydrogen) atoms. The van der Waals surface area contributed by atoms with Crippen LogP contribution in [-0.2, 0) is 9.53 Å². The molecule has 0 aromatic heterocycles. The van der Waals surface area contributed by atoms with Gasteiger partial charge < -0.3 is 15.4 Å². The summed E-state index contributed by atoms with van der Waals surface area (Å²) in [4.78, 5) is 14.1. The predicted molar refractivity (Wildman–Crippen MR) is 80.4 cm³/mol. The Kier molecular flexibility index (Phi) is 6.80. The highest BCUT2D eigenvalue weighted by atomic mass is 16.5. The van der Waals surface area contributed by atoms with E-state index in [9.17, 15) is 4.79 Å². The maximum Gasteiger partial charge on any atom is 0.248 e. The first-order chi connectivity index (χ1) is 9.81. The van der Waals surface area contributed by atoms with E-state index < -0.39 is 0 Å². The number of ether oxygens (including phenoxy) is 1. The Labute approximate surface area is 123 Å². The molecule has 1 aliphatic heterocycles. The van der Waals surface area contributed by atoms with Gasteiger partial charge in [-0.05, 0) is 44.1 Å². The zero-order chi connectivity index (χ0) is 14.2. The molecule has 2 N–H and O–H groups in total. The van der Waals surface area contributed by atoms with Crippen LogP contribution in [0.25, 0.3) is 0 Å². The Balaban J connectivity index is 1.67. The maximum absolute atomic E-state index is 12.1. The van der Waals surface area contributed by atoms with Crippen LogP contribution in [0.3, 0.4) is 0 Å². The molecule has 2 unspecified atom stereocenters. The molecule has 4 heteroatoms. The van der Waals surface area contributed by atoms with Gasteiger partial charge in [0, 0.05) is 13.1 Å². The third-order valence-corrected chi connectivity index (χ3v) is 4.89. The summed E-state index contributed by atoms with van der Waals surface area (Å²) in [6.07, 6.45) is 9.81. The molecular weight excluding hydrogens is 252 g/mol. The first-order valence-electron chi connectivity index (χ1n) is 8.37. The number of rotatable bonds is 5. The topological polar surface area (TPSA) is 55.6 Å². The lowest BCUT2D eigenvalue weighted by molar-refractivity contribution is -0.136. The molecule has 0 spiro atoms. The van der Waals surface area contributed by atoms with Crippen molar-refractivity contribution >= 4 is 5.91 Å². The molecule has 2 aliphatic rings. The van der Waals surface area contributed by atoms with Gasteiger partial charge in [0.2, 0.25) is 5.91 Å². The highest BCUT2D eigenvalue weighted by molar-refractivity contribution is 5.77. The Morgan fingerprint density at radius 2 is 1.65 bits per heavy atom. The number of nitrogens with zero attached hydrogens (tertiary/aromatic N) is 1. The number of hydrogen-bond acceptors (Lipinski definition) is 3. The zero-order valence-electron chi connectivity index (χ0n) is 12.7. The summed E-state index contributed by atoms with van der Waals surface area (Å²) < 4.78 is 5.71. The molecule has 4 nitrogen and oxygen atoms in total. The van der Waals surface area contributed by atoms with E-state index in [0.717, 1.165) is 32.5 Å². The normalized spacial score (nSPS) is 28.1. The van der Waals surface area contributed by atoms with Crippen LogP contribution in [0.4, 0.5) is 0 Å². The minimum absolute atomic E-state index is 0.173. The zero-order valence-corrected chi connectivity index (χ0v) is 12.7. The molecule has 0 radical (unpaired) electrons. The van der Waals surface area contributed by atoms with Gasteiger partial charge in [-0.3, -0.25) is 4.79 Å². The van der Waals surface area contributed by atoms with Gasteiger partial charge in [0.15, 0.2) is 0 Å². The summed E-state index contributed by atoms with van der Waals surface area (Å²) in [5.74, 6) is 1.33. The minimum atomic E-state index is 0.173. The fraction of sp³-hybridized carbons (Fsp3) is 0.938. The van der Waals surface area contributed by atoms with E-state index in [1.165, 1.54) is 38.5 Å². The van der Waals surface area contributed by atoms with Crippen molar-refractivity contribution in [1.29, 1.82) is 0 Å². The van der Waals surface area contributed by atoms with E-state index >= 15 is 0 Å². The van der Waals surface area contributed by atoms with Crippen LogP contribution in [0.1, 0.15) is 51.4 Å². The second kappa shape index (κ2) is 8.63. The van der Waals surface area contributed by atoms with Crippen molar-refractivity contribution in [2.24, 2.45) is 17.6 Å². The third kappa shape index (κ3) is 4.74. The molecule has 1 aliphatic carbocycles. The second-order valence-electron chi connectivity index (χ2n) is 6.35. The predicted octanol–water partition coefficient (Wildman–Crippen LogP) is 2.17. The number of amides is 1. The fourth-order valence-electron chi connectivity index (χ4n) is 3.52. The lowest BCUT2D eigenvalue weighted by Crippen LogP contribution is -2.36. The molecule has 2 rings (SSSR count). The third-order valence-electron chi connectivity index (χ3n) is 4.89. The molecule has 1 saturated carbocycles. The molecule has 116 valence electrons. The maximum atomic E-state index is 12.1. The van der Waals surface area contributed by atoms with Crippen LogP contribution >= 0.6 is 0 Å². The van der Waals surface area contributed by atoms with Crippen molar-refractivity contribution < 1.29 is 9.53 Å². The Hall–Kier alpha value is -0.610. The van der Waals surface area contributed by atoms with Gasteiger partial charge >= 0.3 is 0 Å². The second-order valence-corrected chi connectivity index (χ2v) is 6.35. The molecule has 2 atom stereocenters. The summed E-state index contributed by atoms with van der Waals surface area (Å²) in [5.41, 5.74) is 5.83. The van der Waals surface area contributed by atoms with Gasteiger partial charge in [-0.25, -0.2) is 0 Å². The van der Waals surface area contributed by atoms with E-state index in [0.29, 0.717) is 18.4 Å². The first kappa shape index (κ1) is 15.8. The Morgan fingerprint density at radius 1 is 1.00 bits per heavy atom. The van der Waals surface area contributed by atoms with Crippen molar-refractivity contribution in [3.8, 4) is 0 Å². The van der Waals surface area contributed by atoms with E-state index in [4.69, 9.17) is 10.5 Å². The van der Waals surface area contributed by atoms with E-state index in [1.807, 2.05) is 4.90 Å². The minimum Gasteiger partial charge on any atom is -0.371 e. The summed E-state index contributed by atoms with van der Waals surface area (Å²) in [6.45, 7) is 3.55. The molecule has 0 bridgehead atoms. The average Bonchev–Trinajstić information content (AvgIpc) is 2.77. The van der Waals surface area contributed by atoms with Gasteiger partial charge in [0.25, 0.3) is 0 Å². The number of carbonyl (C=O) groups is 1. The quantitative estimate of drug-likeness (QED) is 0.841. The van der Waals surface area contributed by atoms with Crippen molar-refractivity contribution in [3.63, 3.8) is 0 Å². The van der Waals surface area contributed by atoms with Crippen molar-refractivity contribution in [2.45, 2.75) is 51.4 Å². The van der Waals surface area contributed by atoms with E-state index in [1.54, 1.807) is 0 Å². The smallest absolute Gasteiger partial charge is 0.248 e. The fourth-order valence-corrected chi connectivity index (χ4v) is 3.52. The van der Waals surface area contributed by atoms with Crippen LogP contribution in [0.2, 0.25) is 0 Å². The van der Waals surface area contributed by atoms with E-state index in [-0.39, 0.29) is 12.5 Å². The van der Waals surface area contributed by atoms with Crippen molar-refractivity contribution in [3.05, 3.63) is 0 Å². The Bertz CT molecular complexity index is 288. The van der Waals surface area contributed by atoms with Crippen LogP contribution in [0, 0.1) is 11.8 Å². The average molecular weight is 282 g/mol. The van der Waals surface area contributed by atoms with Crippen LogP contribution < -0.4 is 5.73 Å². The van der Waals surface area contributed by atoms with Crippen LogP contribution in [0.15, 0.2) is 0 Å². The molecule has 0 aromatic rings. The molecule has 1 amide bonds. The number of carbonyl (C=O) groups excluding carboxylic acids is 1. The highest BCUT2D eigenvalue weighted by Gasteiger charge is 2.24. The molecule has 2 fully saturated rings. The van der Waals surface area contributed by atoms with Crippen molar-refractivity contribution in [2.75, 3.05) is 32.8 Å². The number of hydrogen-bond donors (Lipinski definition) is 1. The standard InChI is InChI=1S/C16H30N2O2/c17-11-14-7-3-4-8-15(14)12-20-13-16(19)18-9-5-1-2-6-10-18/h14-15H,1-13,17H2. The molecular formula is C16H30N2O2. The summed E-state index contributed by atoms with van der Waals surface area (Å²) in [6, 6.07) is 0. The van der Waals surface area contributed by atoms with E-state index in [2.05, 4.69) is 0 Å². The van der Waals surface area contributed by atoms with Gasteiger partial charge in [-0.2, -0.15) is 0 Å². The summed E-state index contributed by atoms with van der Waals surface area (Å²) >= 11 is 0. The van der Waals surface area contributed by atoms with Gasteiger partial charge in [0.1, 0.15) is 6.61 Å². The lowest BCUT2D eigenvalue weighted by Gasteiger charge is -2.30. The molecule has 1 heterocycles. The number of nitrogens with two attached hydrogens (primary N) is 1. The van der Waals surface area contributed by atoms with Gasteiger partial charge in [0.05, 0.1) is 6.61 Å². The largest absolute Gasteiger partial charge is 0.371 e. The highest BCUT2D eigenvalue weighted by Crippen LogP contribution is 2.29. The summed E-state index contributed by atoms with van der Waals surface area (Å²) in [5, 5.41) is 0. The molecule has 1 saturated heterocycles. The number of likely N-dealkylation sites (tertiary alicyclic amines) is 1. The monoisotopic (exact) mass is 282 g/mol. The van der Waals surface area contributed by atoms with Crippen molar-refractivity contribution in [1.82, 2.24) is 4.90 Å².